The molecule has 0 radical (unpaired) electrons. The van der Waals surface area contributed by atoms with Crippen LogP contribution in [0, 0.1) is 0 Å². The van der Waals surface area contributed by atoms with Crippen molar-refractivity contribution in [1.29, 1.82) is 0 Å². The Morgan fingerprint density at radius 3 is 2.19 bits per heavy atom. The van der Waals surface area contributed by atoms with Crippen LogP contribution in [0.4, 0.5) is 11.4 Å². The standard InChI is InChI=1S/C22H29N3O2/c1-15(2)16-10-12-17(13-11-16)24-20(26)14-23-19-9-7-6-8-18(19)21(27)25-22(3,4)5/h6-13,15,23H,14H2,1-5H3,(H,24,26)(H,25,27). The van der Waals surface area contributed by atoms with Crippen LogP contribution in [-0.4, -0.2) is 23.9 Å². The van der Waals surface area contributed by atoms with Crippen molar-refractivity contribution < 1.29 is 9.59 Å². The third-order valence-corrected chi connectivity index (χ3v) is 3.96. The lowest BCUT2D eigenvalue weighted by Gasteiger charge is -2.21. The summed E-state index contributed by atoms with van der Waals surface area (Å²) in [5.41, 5.74) is 2.80. The number of nitrogens with one attached hydrogen (secondary N) is 3. The van der Waals surface area contributed by atoms with Gasteiger partial charge in [-0.05, 0) is 56.5 Å². The molecule has 0 bridgehead atoms. The second-order valence-corrected chi connectivity index (χ2v) is 7.93. The highest BCUT2D eigenvalue weighted by atomic mass is 16.2. The van der Waals surface area contributed by atoms with Crippen molar-refractivity contribution in [2.45, 2.75) is 46.1 Å². The molecule has 5 nitrogen and oxygen atoms in total. The van der Waals surface area contributed by atoms with E-state index in [1.54, 1.807) is 18.2 Å². The highest BCUT2D eigenvalue weighted by Crippen LogP contribution is 2.18. The molecule has 0 aliphatic heterocycles. The molecule has 0 aliphatic carbocycles. The van der Waals surface area contributed by atoms with Gasteiger partial charge in [0.1, 0.15) is 0 Å². The zero-order valence-corrected chi connectivity index (χ0v) is 16.7. The molecule has 2 amide bonds. The van der Waals surface area contributed by atoms with E-state index in [0.717, 1.165) is 5.69 Å². The summed E-state index contributed by atoms with van der Waals surface area (Å²) in [6.45, 7) is 10.1. The molecule has 0 spiro atoms. The van der Waals surface area contributed by atoms with E-state index in [1.807, 2.05) is 51.1 Å². The first-order chi connectivity index (χ1) is 12.7. The molecular weight excluding hydrogens is 338 g/mol. The molecule has 27 heavy (non-hydrogen) atoms. The van der Waals surface area contributed by atoms with E-state index in [1.165, 1.54) is 5.56 Å². The van der Waals surface area contributed by atoms with Gasteiger partial charge in [-0.25, -0.2) is 0 Å². The summed E-state index contributed by atoms with van der Waals surface area (Å²) in [6.07, 6.45) is 0. The monoisotopic (exact) mass is 367 g/mol. The Labute approximate surface area is 161 Å². The molecule has 3 N–H and O–H groups in total. The minimum atomic E-state index is -0.330. The Kier molecular flexibility index (Phi) is 6.61. The van der Waals surface area contributed by atoms with Gasteiger partial charge < -0.3 is 16.0 Å². The van der Waals surface area contributed by atoms with Crippen LogP contribution in [0.3, 0.4) is 0 Å². The predicted octanol–water partition coefficient (Wildman–Crippen LogP) is 4.39. The Morgan fingerprint density at radius 2 is 1.59 bits per heavy atom. The maximum atomic E-state index is 12.5. The first-order valence-corrected chi connectivity index (χ1v) is 9.21. The van der Waals surface area contributed by atoms with Crippen LogP contribution in [0.25, 0.3) is 0 Å². The van der Waals surface area contributed by atoms with Crippen molar-refractivity contribution in [3.63, 3.8) is 0 Å². The summed E-state index contributed by atoms with van der Waals surface area (Å²) in [4.78, 5) is 24.7. The number of benzene rings is 2. The molecular formula is C22H29N3O2. The fourth-order valence-corrected chi connectivity index (χ4v) is 2.58. The molecule has 0 saturated carbocycles. The number of carbonyl (C=O) groups is 2. The molecule has 2 aromatic rings. The lowest BCUT2D eigenvalue weighted by molar-refractivity contribution is -0.114. The van der Waals surface area contributed by atoms with E-state index in [-0.39, 0.29) is 23.9 Å². The zero-order valence-electron chi connectivity index (χ0n) is 16.7. The number of para-hydroxylation sites is 1. The summed E-state index contributed by atoms with van der Waals surface area (Å²) in [5.74, 6) is 0.112. The number of hydrogen-bond donors (Lipinski definition) is 3. The minimum Gasteiger partial charge on any atom is -0.376 e. The van der Waals surface area contributed by atoms with E-state index in [2.05, 4.69) is 29.8 Å². The van der Waals surface area contributed by atoms with Crippen molar-refractivity contribution >= 4 is 23.2 Å². The Balaban J connectivity index is 1.98. The largest absolute Gasteiger partial charge is 0.376 e. The second kappa shape index (κ2) is 8.71. The van der Waals surface area contributed by atoms with Crippen molar-refractivity contribution in [3.05, 3.63) is 59.7 Å². The van der Waals surface area contributed by atoms with Gasteiger partial charge in [0.2, 0.25) is 5.91 Å². The van der Waals surface area contributed by atoms with Crippen molar-refractivity contribution in [2.24, 2.45) is 0 Å². The van der Waals surface area contributed by atoms with Gasteiger partial charge in [-0.3, -0.25) is 9.59 Å². The van der Waals surface area contributed by atoms with Crippen LogP contribution in [-0.2, 0) is 4.79 Å². The first kappa shape index (κ1) is 20.5. The summed E-state index contributed by atoms with van der Waals surface area (Å²) in [6, 6.07) is 15.0. The molecule has 0 saturated heterocycles. The van der Waals surface area contributed by atoms with Crippen LogP contribution < -0.4 is 16.0 Å². The van der Waals surface area contributed by atoms with Gasteiger partial charge in [-0.2, -0.15) is 0 Å². The molecule has 2 aromatic carbocycles. The molecule has 0 aromatic heterocycles. The SMILES string of the molecule is CC(C)c1ccc(NC(=O)CNc2ccccc2C(=O)NC(C)(C)C)cc1. The molecule has 0 heterocycles. The molecule has 0 aliphatic rings. The summed E-state index contributed by atoms with van der Waals surface area (Å²) < 4.78 is 0. The lowest BCUT2D eigenvalue weighted by Crippen LogP contribution is -2.40. The van der Waals surface area contributed by atoms with Crippen molar-refractivity contribution in [2.75, 3.05) is 17.2 Å². The van der Waals surface area contributed by atoms with Crippen LogP contribution in [0.2, 0.25) is 0 Å². The second-order valence-electron chi connectivity index (χ2n) is 7.93. The van der Waals surface area contributed by atoms with Crippen LogP contribution in [0.5, 0.6) is 0 Å². The topological polar surface area (TPSA) is 70.2 Å². The van der Waals surface area contributed by atoms with E-state index in [9.17, 15) is 9.59 Å². The molecule has 5 heteroatoms. The molecule has 0 fully saturated rings. The third kappa shape index (κ3) is 6.44. The Bertz CT molecular complexity index is 790. The maximum Gasteiger partial charge on any atom is 0.253 e. The number of carbonyl (C=O) groups excluding carboxylic acids is 2. The van der Waals surface area contributed by atoms with Crippen LogP contribution in [0.15, 0.2) is 48.5 Å². The minimum absolute atomic E-state index is 0.0751. The lowest BCUT2D eigenvalue weighted by atomic mass is 10.0. The number of rotatable bonds is 6. The third-order valence-electron chi connectivity index (χ3n) is 3.96. The zero-order chi connectivity index (χ0) is 20.0. The van der Waals surface area contributed by atoms with Gasteiger partial charge in [0, 0.05) is 16.9 Å². The highest BCUT2D eigenvalue weighted by molar-refractivity contribution is 6.01. The number of hydrogen-bond acceptors (Lipinski definition) is 3. The van der Waals surface area contributed by atoms with Crippen molar-refractivity contribution in [3.8, 4) is 0 Å². The van der Waals surface area contributed by atoms with Gasteiger partial charge in [0.15, 0.2) is 0 Å². The van der Waals surface area contributed by atoms with Gasteiger partial charge in [0.05, 0.1) is 12.1 Å². The van der Waals surface area contributed by atoms with E-state index in [4.69, 9.17) is 0 Å². The number of anilines is 2. The quantitative estimate of drug-likeness (QED) is 0.709. The van der Waals surface area contributed by atoms with Gasteiger partial charge in [-0.15, -0.1) is 0 Å². The summed E-state index contributed by atoms with van der Waals surface area (Å²) in [7, 11) is 0. The smallest absolute Gasteiger partial charge is 0.253 e. The molecule has 0 atom stereocenters. The Hall–Kier alpha value is -2.82. The van der Waals surface area contributed by atoms with Crippen LogP contribution in [0.1, 0.15) is 56.5 Å². The average molecular weight is 367 g/mol. The predicted molar refractivity (Wildman–Crippen MR) is 111 cm³/mol. The molecule has 2 rings (SSSR count). The molecule has 144 valence electrons. The summed E-state index contributed by atoms with van der Waals surface area (Å²) >= 11 is 0. The maximum absolute atomic E-state index is 12.5. The molecule has 0 unspecified atom stereocenters. The fourth-order valence-electron chi connectivity index (χ4n) is 2.58. The first-order valence-electron chi connectivity index (χ1n) is 9.21. The normalized spacial score (nSPS) is 11.2. The van der Waals surface area contributed by atoms with Crippen molar-refractivity contribution in [1.82, 2.24) is 5.32 Å². The number of amides is 2. The van der Waals surface area contributed by atoms with E-state index >= 15 is 0 Å². The Morgan fingerprint density at radius 1 is 0.963 bits per heavy atom. The van der Waals surface area contributed by atoms with Crippen LogP contribution >= 0.6 is 0 Å². The van der Waals surface area contributed by atoms with Gasteiger partial charge in [0.25, 0.3) is 5.91 Å². The van der Waals surface area contributed by atoms with Gasteiger partial charge >= 0.3 is 0 Å². The van der Waals surface area contributed by atoms with Gasteiger partial charge in [-0.1, -0.05) is 38.1 Å². The highest BCUT2D eigenvalue weighted by Gasteiger charge is 2.18. The fraction of sp³-hybridized carbons (Fsp3) is 0.364. The van der Waals surface area contributed by atoms with E-state index in [0.29, 0.717) is 17.2 Å². The summed E-state index contributed by atoms with van der Waals surface area (Å²) in [5, 5.41) is 8.86. The average Bonchev–Trinajstić information content (AvgIpc) is 2.59. The van der Waals surface area contributed by atoms with E-state index < -0.39 is 0 Å².